The summed E-state index contributed by atoms with van der Waals surface area (Å²) >= 11 is 1.23. The van der Waals surface area contributed by atoms with Gasteiger partial charge in [0.05, 0.1) is 6.42 Å². The van der Waals surface area contributed by atoms with Gasteiger partial charge >= 0.3 is 0 Å². The number of carbonyl (C=O) groups is 1. The molecule has 24 heavy (non-hydrogen) atoms. The van der Waals surface area contributed by atoms with E-state index in [1.54, 1.807) is 16.4 Å². The molecule has 1 aromatic rings. The van der Waals surface area contributed by atoms with Crippen molar-refractivity contribution in [3.8, 4) is 0 Å². The third-order valence-electron chi connectivity index (χ3n) is 4.59. The van der Waals surface area contributed by atoms with Crippen LogP contribution in [0.1, 0.15) is 31.1 Å². The third-order valence-corrected chi connectivity index (χ3v) is 8.04. The molecule has 1 N–H and O–H groups in total. The van der Waals surface area contributed by atoms with Crippen LogP contribution >= 0.6 is 11.3 Å². The number of hydrogen-bond donors (Lipinski definition) is 1. The first-order valence-electron chi connectivity index (χ1n) is 8.57. The standard InChI is InChI=1S/C16H25N3O3S2/c1-13-12-18(10-7-17-13)15(20)11-14-5-6-16(23-14)24(21,22)19-8-3-2-4-9-19/h5-6,13,17H,2-4,7-12H2,1H3. The molecule has 0 radical (unpaired) electrons. The molecule has 2 aliphatic heterocycles. The number of hydrogen-bond acceptors (Lipinski definition) is 5. The molecule has 0 aromatic carbocycles. The third kappa shape index (κ3) is 3.99. The first kappa shape index (κ1) is 17.8. The number of amides is 1. The second-order valence-electron chi connectivity index (χ2n) is 6.56. The monoisotopic (exact) mass is 371 g/mol. The van der Waals surface area contributed by atoms with Gasteiger partial charge in [-0.1, -0.05) is 6.42 Å². The van der Waals surface area contributed by atoms with E-state index >= 15 is 0 Å². The maximum Gasteiger partial charge on any atom is 0.252 e. The Morgan fingerprint density at radius 2 is 2.00 bits per heavy atom. The molecule has 2 aliphatic rings. The second kappa shape index (κ2) is 7.51. The summed E-state index contributed by atoms with van der Waals surface area (Å²) in [6.45, 7) is 5.51. The Hall–Kier alpha value is -0.960. The maximum absolute atomic E-state index is 12.7. The summed E-state index contributed by atoms with van der Waals surface area (Å²) in [5.41, 5.74) is 0. The van der Waals surface area contributed by atoms with Crippen LogP contribution in [-0.2, 0) is 21.2 Å². The molecule has 3 heterocycles. The first-order chi connectivity index (χ1) is 11.5. The van der Waals surface area contributed by atoms with E-state index in [9.17, 15) is 13.2 Å². The van der Waals surface area contributed by atoms with Crippen LogP contribution in [0.25, 0.3) is 0 Å². The summed E-state index contributed by atoms with van der Waals surface area (Å²) in [6, 6.07) is 3.74. The van der Waals surface area contributed by atoms with Gasteiger partial charge in [-0.25, -0.2) is 8.42 Å². The normalized spacial score (nSPS) is 23.4. The molecule has 134 valence electrons. The smallest absolute Gasteiger partial charge is 0.252 e. The van der Waals surface area contributed by atoms with Gasteiger partial charge in [-0.3, -0.25) is 4.79 Å². The van der Waals surface area contributed by atoms with Gasteiger partial charge in [0.25, 0.3) is 10.0 Å². The predicted molar refractivity (Wildman–Crippen MR) is 94.7 cm³/mol. The molecule has 1 unspecified atom stereocenters. The fraction of sp³-hybridized carbons (Fsp3) is 0.688. The van der Waals surface area contributed by atoms with E-state index in [0.717, 1.165) is 30.7 Å². The summed E-state index contributed by atoms with van der Waals surface area (Å²) in [7, 11) is -3.39. The Labute approximate surface area is 147 Å². The van der Waals surface area contributed by atoms with E-state index in [2.05, 4.69) is 12.2 Å². The minimum atomic E-state index is -3.39. The number of nitrogens with one attached hydrogen (secondary N) is 1. The highest BCUT2D eigenvalue weighted by Crippen LogP contribution is 2.27. The van der Waals surface area contributed by atoms with Gasteiger partial charge in [0.2, 0.25) is 5.91 Å². The van der Waals surface area contributed by atoms with Gasteiger partial charge < -0.3 is 10.2 Å². The lowest BCUT2D eigenvalue weighted by Gasteiger charge is -2.31. The van der Waals surface area contributed by atoms with Gasteiger partial charge in [-0.05, 0) is 31.9 Å². The second-order valence-corrected chi connectivity index (χ2v) is 9.89. The molecule has 6 nitrogen and oxygen atoms in total. The van der Waals surface area contributed by atoms with Crippen LogP contribution in [0, 0.1) is 0 Å². The van der Waals surface area contributed by atoms with Gasteiger partial charge in [0, 0.05) is 43.6 Å². The zero-order valence-electron chi connectivity index (χ0n) is 14.0. The first-order valence-corrected chi connectivity index (χ1v) is 10.8. The van der Waals surface area contributed by atoms with Crippen molar-refractivity contribution in [2.45, 2.75) is 42.9 Å². The van der Waals surface area contributed by atoms with Gasteiger partial charge in [-0.15, -0.1) is 11.3 Å². The van der Waals surface area contributed by atoms with Crippen LogP contribution in [0.2, 0.25) is 0 Å². The summed E-state index contributed by atoms with van der Waals surface area (Å²) in [5.74, 6) is 0.0760. The van der Waals surface area contributed by atoms with E-state index in [0.29, 0.717) is 36.4 Å². The Kier molecular flexibility index (Phi) is 5.59. The van der Waals surface area contributed by atoms with Crippen LogP contribution in [0.4, 0.5) is 0 Å². The number of thiophene rings is 1. The van der Waals surface area contributed by atoms with E-state index < -0.39 is 10.0 Å². The molecular formula is C16H25N3O3S2. The lowest BCUT2D eigenvalue weighted by molar-refractivity contribution is -0.131. The van der Waals surface area contributed by atoms with Crippen LogP contribution in [0.15, 0.2) is 16.3 Å². The van der Waals surface area contributed by atoms with E-state index in [1.165, 1.54) is 11.3 Å². The summed E-state index contributed by atoms with van der Waals surface area (Å²) in [6.07, 6.45) is 3.24. The van der Waals surface area contributed by atoms with E-state index in [-0.39, 0.29) is 12.3 Å². The quantitative estimate of drug-likeness (QED) is 0.866. The Morgan fingerprint density at radius 3 is 2.71 bits per heavy atom. The molecule has 1 amide bonds. The maximum atomic E-state index is 12.7. The van der Waals surface area contributed by atoms with Gasteiger partial charge in [-0.2, -0.15) is 4.31 Å². The summed E-state index contributed by atoms with van der Waals surface area (Å²) < 4.78 is 27.3. The van der Waals surface area contributed by atoms with Gasteiger partial charge in [0.15, 0.2) is 0 Å². The average Bonchev–Trinajstić information content (AvgIpc) is 3.05. The summed E-state index contributed by atoms with van der Waals surface area (Å²) in [4.78, 5) is 15.1. The number of carbonyl (C=O) groups excluding carboxylic acids is 1. The van der Waals surface area contributed by atoms with Crippen molar-refractivity contribution < 1.29 is 13.2 Å². The largest absolute Gasteiger partial charge is 0.340 e. The van der Waals surface area contributed by atoms with Crippen molar-refractivity contribution in [1.82, 2.24) is 14.5 Å². The van der Waals surface area contributed by atoms with Crippen LogP contribution in [0.3, 0.4) is 0 Å². The van der Waals surface area contributed by atoms with Crippen LogP contribution < -0.4 is 5.32 Å². The van der Waals surface area contributed by atoms with Crippen molar-refractivity contribution in [2.75, 3.05) is 32.7 Å². The molecule has 2 saturated heterocycles. The lowest BCUT2D eigenvalue weighted by Crippen LogP contribution is -2.51. The number of nitrogens with zero attached hydrogens (tertiary/aromatic N) is 2. The van der Waals surface area contributed by atoms with Crippen molar-refractivity contribution in [3.63, 3.8) is 0 Å². The van der Waals surface area contributed by atoms with Crippen LogP contribution in [-0.4, -0.2) is 62.3 Å². The Balaban J connectivity index is 1.65. The number of piperidine rings is 1. The Bertz CT molecular complexity index is 680. The molecule has 0 spiro atoms. The molecule has 0 bridgehead atoms. The minimum Gasteiger partial charge on any atom is -0.340 e. The highest BCUT2D eigenvalue weighted by Gasteiger charge is 2.28. The molecule has 3 rings (SSSR count). The average molecular weight is 372 g/mol. The minimum absolute atomic E-state index is 0.0760. The van der Waals surface area contributed by atoms with Gasteiger partial charge in [0.1, 0.15) is 4.21 Å². The highest BCUT2D eigenvalue weighted by atomic mass is 32.2. The fourth-order valence-electron chi connectivity index (χ4n) is 3.24. The molecule has 8 heteroatoms. The molecule has 1 atom stereocenters. The molecular weight excluding hydrogens is 346 g/mol. The topological polar surface area (TPSA) is 69.7 Å². The van der Waals surface area contributed by atoms with Crippen molar-refractivity contribution in [3.05, 3.63) is 17.0 Å². The number of rotatable bonds is 4. The van der Waals surface area contributed by atoms with Crippen LogP contribution in [0.5, 0.6) is 0 Å². The van der Waals surface area contributed by atoms with E-state index in [4.69, 9.17) is 0 Å². The van der Waals surface area contributed by atoms with E-state index in [1.807, 2.05) is 4.90 Å². The highest BCUT2D eigenvalue weighted by molar-refractivity contribution is 7.91. The van der Waals surface area contributed by atoms with Crippen molar-refractivity contribution in [1.29, 1.82) is 0 Å². The molecule has 2 fully saturated rings. The zero-order valence-corrected chi connectivity index (χ0v) is 15.7. The summed E-state index contributed by atoms with van der Waals surface area (Å²) in [5, 5.41) is 3.31. The molecule has 0 aliphatic carbocycles. The zero-order chi connectivity index (χ0) is 17.2. The predicted octanol–water partition coefficient (Wildman–Crippen LogP) is 1.29. The number of piperazine rings is 1. The Morgan fingerprint density at radius 1 is 1.25 bits per heavy atom. The lowest BCUT2D eigenvalue weighted by atomic mass is 10.2. The molecule has 1 aromatic heterocycles. The fourth-order valence-corrected chi connectivity index (χ4v) is 6.26. The van der Waals surface area contributed by atoms with Crippen molar-refractivity contribution in [2.24, 2.45) is 0 Å². The number of sulfonamides is 1. The molecule has 0 saturated carbocycles. The SMILES string of the molecule is CC1CN(C(=O)Cc2ccc(S(=O)(=O)N3CCCCC3)s2)CCN1. The van der Waals surface area contributed by atoms with Crippen molar-refractivity contribution >= 4 is 27.3 Å².